The monoisotopic (exact) mass is 987 g/mol. The van der Waals surface area contributed by atoms with Crippen molar-refractivity contribution < 1.29 is 29.1 Å². The molecule has 0 aromatic heterocycles. The third kappa shape index (κ3) is 42.3. The maximum absolute atomic E-state index is 13.9. The van der Waals surface area contributed by atoms with Crippen LogP contribution in [0.4, 0.5) is 0 Å². The molecule has 0 spiro atoms. The number of carboxylic acid groups (broad SMARTS) is 1. The van der Waals surface area contributed by atoms with E-state index >= 15 is 0 Å². The zero-order chi connectivity index (χ0) is 51.4. The first-order valence-corrected chi connectivity index (χ1v) is 31.2. The highest BCUT2D eigenvalue weighted by Gasteiger charge is 2.34. The minimum Gasteiger partial charge on any atom is -0.480 e. The van der Waals surface area contributed by atoms with Gasteiger partial charge < -0.3 is 5.11 Å². The average Bonchev–Trinajstić information content (AvgIpc) is 3.35. The average molecular weight is 988 g/mol. The Balaban J connectivity index is 5.46. The fraction of sp³-hybridized carbons (Fsp3) is 0.919. The van der Waals surface area contributed by atoms with Crippen LogP contribution < -0.4 is 0 Å². The topological polar surface area (TPSA) is 112 Å². The largest absolute Gasteiger partial charge is 0.480 e. The quantitative estimate of drug-likeness (QED) is 0.0608. The normalized spacial score (nSPS) is 11.8. The van der Waals surface area contributed by atoms with Crippen molar-refractivity contribution in [1.29, 1.82) is 0 Å². The van der Waals surface area contributed by atoms with Crippen LogP contribution in [0.5, 0.6) is 0 Å². The molecule has 70 heavy (non-hydrogen) atoms. The Morgan fingerprint density at radius 2 is 0.500 bits per heavy atom. The van der Waals surface area contributed by atoms with E-state index in [1.807, 2.05) is 0 Å². The summed E-state index contributed by atoms with van der Waals surface area (Å²) in [7, 11) is 0. The van der Waals surface area contributed by atoms with Crippen LogP contribution in [0.2, 0.25) is 0 Å². The second-order valence-corrected chi connectivity index (χ2v) is 21.6. The van der Waals surface area contributed by atoms with Gasteiger partial charge in [-0.15, -0.1) is 0 Å². The van der Waals surface area contributed by atoms with Crippen LogP contribution in [0.25, 0.3) is 0 Å². The molecule has 412 valence electrons. The van der Waals surface area contributed by atoms with Gasteiger partial charge in [0.25, 0.3) is 0 Å². The van der Waals surface area contributed by atoms with Gasteiger partial charge in [-0.1, -0.05) is 285 Å². The van der Waals surface area contributed by atoms with Crippen LogP contribution in [0.15, 0.2) is 0 Å². The third-order valence-electron chi connectivity index (χ3n) is 14.8. The molecule has 8 heteroatoms. The summed E-state index contributed by atoms with van der Waals surface area (Å²) >= 11 is 0. The third-order valence-corrected chi connectivity index (χ3v) is 14.8. The lowest BCUT2D eigenvalue weighted by molar-refractivity contribution is -0.158. The first kappa shape index (κ1) is 67.8. The molecule has 0 heterocycles. The van der Waals surface area contributed by atoms with Gasteiger partial charge in [-0.2, -0.15) is 0 Å². The van der Waals surface area contributed by atoms with E-state index in [1.54, 1.807) is 0 Å². The molecule has 0 radical (unpaired) electrons. The SMILES string of the molecule is CCCCCCCCCCCCCC(=O)N(CCCC[C@@H](C(=O)O)N(C(=O)CCCCCCCCCCCCC)C(=O)CCCCCCCCCCCCC)C(=O)CCCCCCCCCCCCC. The summed E-state index contributed by atoms with van der Waals surface area (Å²) < 4.78 is 0. The predicted molar refractivity (Wildman–Crippen MR) is 298 cm³/mol. The van der Waals surface area contributed by atoms with Crippen molar-refractivity contribution in [2.75, 3.05) is 6.54 Å². The maximum Gasteiger partial charge on any atom is 0.326 e. The molecule has 0 aliphatic rings. The number of carbonyl (C=O) groups excluding carboxylic acids is 4. The van der Waals surface area contributed by atoms with E-state index < -0.39 is 12.0 Å². The highest BCUT2D eigenvalue weighted by atomic mass is 16.4. The first-order valence-electron chi connectivity index (χ1n) is 31.2. The number of hydrogen-bond acceptors (Lipinski definition) is 5. The molecule has 0 aliphatic heterocycles. The molecule has 1 atom stereocenters. The lowest BCUT2D eigenvalue weighted by atomic mass is 10.0. The van der Waals surface area contributed by atoms with Gasteiger partial charge in [-0.25, -0.2) is 4.79 Å². The van der Waals surface area contributed by atoms with E-state index in [9.17, 15) is 29.1 Å². The van der Waals surface area contributed by atoms with Crippen LogP contribution in [0.3, 0.4) is 0 Å². The van der Waals surface area contributed by atoms with Crippen molar-refractivity contribution in [1.82, 2.24) is 9.80 Å². The molecule has 0 saturated heterocycles. The summed E-state index contributed by atoms with van der Waals surface area (Å²) in [5.74, 6) is -2.14. The van der Waals surface area contributed by atoms with E-state index in [2.05, 4.69) is 27.7 Å². The molecule has 1 N–H and O–H groups in total. The van der Waals surface area contributed by atoms with Crippen LogP contribution in [-0.2, 0) is 24.0 Å². The molecule has 0 saturated carbocycles. The molecular weight excluding hydrogens is 869 g/mol. The molecule has 0 aromatic carbocycles. The van der Waals surface area contributed by atoms with E-state index in [0.717, 1.165) is 81.9 Å². The number of carboxylic acids is 1. The van der Waals surface area contributed by atoms with Gasteiger partial charge in [0, 0.05) is 32.2 Å². The Bertz CT molecular complexity index is 1130. The first-order chi connectivity index (χ1) is 34.2. The van der Waals surface area contributed by atoms with E-state index in [0.29, 0.717) is 38.5 Å². The molecular formula is C62H118N2O6. The zero-order valence-corrected chi connectivity index (χ0v) is 47.2. The summed E-state index contributed by atoms with van der Waals surface area (Å²) in [6, 6.07) is -1.24. The van der Waals surface area contributed by atoms with E-state index in [1.165, 1.54) is 198 Å². The van der Waals surface area contributed by atoms with Gasteiger partial charge in [-0.05, 0) is 44.9 Å². The van der Waals surface area contributed by atoms with Crippen LogP contribution >= 0.6 is 0 Å². The number of imide groups is 2. The van der Waals surface area contributed by atoms with Crippen LogP contribution in [-0.4, -0.2) is 57.1 Å². The Hall–Kier alpha value is -2.25. The highest BCUT2D eigenvalue weighted by Crippen LogP contribution is 2.21. The summed E-state index contributed by atoms with van der Waals surface area (Å²) in [5, 5.41) is 10.5. The van der Waals surface area contributed by atoms with Crippen molar-refractivity contribution in [3.63, 3.8) is 0 Å². The fourth-order valence-corrected chi connectivity index (χ4v) is 10.1. The van der Waals surface area contributed by atoms with Crippen LogP contribution in [0.1, 0.15) is 355 Å². The Labute approximate surface area is 434 Å². The van der Waals surface area contributed by atoms with Gasteiger partial charge >= 0.3 is 5.97 Å². The van der Waals surface area contributed by atoms with Crippen molar-refractivity contribution in [3.8, 4) is 0 Å². The minimum absolute atomic E-state index is 0.121. The van der Waals surface area contributed by atoms with Crippen molar-refractivity contribution >= 4 is 29.6 Å². The minimum atomic E-state index is -1.24. The number of amides is 4. The van der Waals surface area contributed by atoms with E-state index in [-0.39, 0.29) is 49.4 Å². The van der Waals surface area contributed by atoms with Gasteiger partial charge in [0.05, 0.1) is 0 Å². The standard InChI is InChI=1S/C62H118N2O6/c1-5-9-13-17-21-25-29-33-37-41-45-52-58(65)63(59(66)53-46-42-38-34-30-26-22-18-14-10-6-2)56-50-49-51-57(62(69)70)64(60(67)54-47-43-39-35-31-27-23-19-15-11-7-3)61(68)55-48-44-40-36-32-28-24-20-16-12-8-4/h57H,5-56H2,1-4H3,(H,69,70)/t57-/m0/s1. The Kier molecular flexibility index (Phi) is 51.3. The number of nitrogens with zero attached hydrogens (tertiary/aromatic N) is 2. The van der Waals surface area contributed by atoms with Crippen LogP contribution in [0, 0.1) is 0 Å². The predicted octanol–water partition coefficient (Wildman–Crippen LogP) is 19.1. The molecule has 0 bridgehead atoms. The molecule has 4 amide bonds. The summed E-state index contributed by atoms with van der Waals surface area (Å²) in [6.07, 6.45) is 53.8. The number of rotatable bonds is 55. The van der Waals surface area contributed by atoms with Gasteiger partial charge in [0.15, 0.2) is 0 Å². The van der Waals surface area contributed by atoms with Gasteiger partial charge in [0.1, 0.15) is 6.04 Å². The summed E-state index contributed by atoms with van der Waals surface area (Å²) in [6.45, 7) is 9.23. The smallest absolute Gasteiger partial charge is 0.326 e. The number of unbranched alkanes of at least 4 members (excludes halogenated alkanes) is 41. The zero-order valence-electron chi connectivity index (χ0n) is 47.2. The summed E-state index contributed by atoms with van der Waals surface area (Å²) in [5.41, 5.74) is 0. The molecule has 0 aliphatic carbocycles. The molecule has 0 rings (SSSR count). The van der Waals surface area contributed by atoms with Crippen molar-refractivity contribution in [2.45, 2.75) is 361 Å². The number of aliphatic carboxylic acids is 1. The Morgan fingerprint density at radius 1 is 0.286 bits per heavy atom. The number of hydrogen-bond donors (Lipinski definition) is 1. The highest BCUT2D eigenvalue weighted by molar-refractivity contribution is 5.99. The second-order valence-electron chi connectivity index (χ2n) is 21.6. The second kappa shape index (κ2) is 53.1. The lowest BCUT2D eigenvalue weighted by Gasteiger charge is -2.28. The molecule has 8 nitrogen and oxygen atoms in total. The molecule has 0 aromatic rings. The maximum atomic E-state index is 13.9. The van der Waals surface area contributed by atoms with Gasteiger partial charge in [0.2, 0.25) is 23.6 Å². The van der Waals surface area contributed by atoms with E-state index in [4.69, 9.17) is 0 Å². The molecule has 0 fully saturated rings. The number of carbonyl (C=O) groups is 5. The van der Waals surface area contributed by atoms with Crippen molar-refractivity contribution in [3.05, 3.63) is 0 Å². The summed E-state index contributed by atoms with van der Waals surface area (Å²) in [4.78, 5) is 70.5. The lowest BCUT2D eigenvalue weighted by Crippen LogP contribution is -2.48. The van der Waals surface area contributed by atoms with Crippen molar-refractivity contribution in [2.24, 2.45) is 0 Å². The fourth-order valence-electron chi connectivity index (χ4n) is 10.1. The Morgan fingerprint density at radius 3 is 0.729 bits per heavy atom. The van der Waals surface area contributed by atoms with Gasteiger partial charge in [-0.3, -0.25) is 29.0 Å². The molecule has 0 unspecified atom stereocenters.